The molecule has 0 rings (SSSR count). The van der Waals surface area contributed by atoms with Gasteiger partial charge in [-0.15, -0.1) is 0 Å². The Hall–Kier alpha value is -1.02. The van der Waals surface area contributed by atoms with Crippen molar-refractivity contribution in [3.63, 3.8) is 0 Å². The van der Waals surface area contributed by atoms with E-state index in [0.717, 1.165) is 60.8 Å². The number of rotatable bonds is 17. The van der Waals surface area contributed by atoms with Crippen LogP contribution in [0.3, 0.4) is 0 Å². The zero-order valence-corrected chi connectivity index (χ0v) is 27.5. The minimum atomic E-state index is -0.318. The van der Waals surface area contributed by atoms with E-state index in [1.807, 2.05) is 6.92 Å². The second-order valence-electron chi connectivity index (χ2n) is 14.1. The summed E-state index contributed by atoms with van der Waals surface area (Å²) >= 11 is 0. The van der Waals surface area contributed by atoms with Gasteiger partial charge in [0.25, 0.3) is 0 Å². The molecule has 0 saturated carbocycles. The lowest BCUT2D eigenvalue weighted by Crippen LogP contribution is -2.51. The van der Waals surface area contributed by atoms with Crippen molar-refractivity contribution in [2.45, 2.75) is 65.9 Å². The van der Waals surface area contributed by atoms with E-state index in [2.05, 4.69) is 75.4 Å². The topological polar surface area (TPSA) is 66.4 Å². The van der Waals surface area contributed by atoms with Crippen LogP contribution in [0.4, 0.5) is 0 Å². The smallest absolute Gasteiger partial charge is 0.222 e. The molecule has 0 bridgehead atoms. The van der Waals surface area contributed by atoms with Crippen molar-refractivity contribution in [2.24, 2.45) is 11.3 Å². The fourth-order valence-corrected chi connectivity index (χ4v) is 4.75. The van der Waals surface area contributed by atoms with Crippen LogP contribution in [0.5, 0.6) is 0 Å². The second-order valence-corrected chi connectivity index (χ2v) is 14.1. The lowest BCUT2D eigenvalue weighted by molar-refractivity contribution is -0.907. The summed E-state index contributed by atoms with van der Waals surface area (Å²) in [7, 11) is 14.8. The van der Waals surface area contributed by atoms with E-state index in [9.17, 15) is 14.7 Å². The molecule has 0 heterocycles. The Labute approximate surface area is 233 Å². The predicted octanol–water partition coefficient (Wildman–Crippen LogP) is 3.88. The van der Waals surface area contributed by atoms with Gasteiger partial charge in [-0.2, -0.15) is 0 Å². The van der Waals surface area contributed by atoms with Crippen molar-refractivity contribution in [1.82, 2.24) is 5.32 Å². The van der Waals surface area contributed by atoms with E-state index in [0.29, 0.717) is 29.8 Å². The van der Waals surface area contributed by atoms with Gasteiger partial charge in [0.1, 0.15) is 19.6 Å². The van der Waals surface area contributed by atoms with Crippen LogP contribution in [0, 0.1) is 33.6 Å². The van der Waals surface area contributed by atoms with E-state index in [1.165, 1.54) is 0 Å². The first kappa shape index (κ1) is 43.0. The van der Waals surface area contributed by atoms with Gasteiger partial charge in [-0.05, 0) is 24.7 Å². The fraction of sp³-hybridized carbons (Fsp3) is 0.833. The minimum Gasteiger partial charge on any atom is -0.382 e. The number of likely N-dealkylation sites (N-methyl/N-ethyl adjacent to an activating group) is 3. The molecule has 0 fully saturated rings. The first-order valence-electron chi connectivity index (χ1n) is 13.1. The first-order valence-corrected chi connectivity index (χ1v) is 13.1. The standard InChI is InChI=1S/C27H58N4O3.3CH3/c1-23(19-27(2,3)4)26(34)28-16-14-18-31(10,11)21-24(32)15-12-13-17-30(8,9)22-25(33)20-29(5,6)7;;;/h23,25,33H,12-22H2,1-11H3;3*1H3/q+2;3*-1/p+1. The third kappa shape index (κ3) is 25.0. The summed E-state index contributed by atoms with van der Waals surface area (Å²) in [5.41, 5.74) is 0.150. The number of aliphatic hydroxyl groups is 1. The number of amides is 1. The molecule has 37 heavy (non-hydrogen) atoms. The Balaban J connectivity index is -0.00000181. The van der Waals surface area contributed by atoms with E-state index in [1.54, 1.807) is 0 Å². The Morgan fingerprint density at radius 1 is 0.811 bits per heavy atom. The van der Waals surface area contributed by atoms with Crippen molar-refractivity contribution < 1.29 is 28.1 Å². The summed E-state index contributed by atoms with van der Waals surface area (Å²) in [6, 6.07) is 0. The zero-order chi connectivity index (χ0) is 26.8. The van der Waals surface area contributed by atoms with Gasteiger partial charge >= 0.3 is 0 Å². The Bertz CT molecular complexity index is 619. The molecular formula is C30H68N4O3. The molecule has 0 aliphatic heterocycles. The number of hydrogen-bond acceptors (Lipinski definition) is 3. The Morgan fingerprint density at radius 3 is 1.81 bits per heavy atom. The molecule has 0 aromatic rings. The number of quaternary nitrogens is 3. The van der Waals surface area contributed by atoms with Gasteiger partial charge in [0.2, 0.25) is 5.91 Å². The quantitative estimate of drug-likeness (QED) is 0.170. The van der Waals surface area contributed by atoms with Crippen LogP contribution < -0.4 is 5.32 Å². The fourth-order valence-electron chi connectivity index (χ4n) is 4.75. The second kappa shape index (κ2) is 18.3. The molecule has 0 saturated heterocycles. The predicted molar refractivity (Wildman–Crippen MR) is 162 cm³/mol. The molecule has 0 aromatic heterocycles. The molecule has 2 N–H and O–H groups in total. The van der Waals surface area contributed by atoms with E-state index in [4.69, 9.17) is 0 Å². The lowest BCUT2D eigenvalue weighted by atomic mass is 9.85. The number of hydrogen-bond donors (Lipinski definition) is 2. The maximum absolute atomic E-state index is 12.5. The van der Waals surface area contributed by atoms with Crippen LogP contribution in [0.1, 0.15) is 59.8 Å². The van der Waals surface area contributed by atoms with Gasteiger partial charge in [-0.25, -0.2) is 0 Å². The zero-order valence-electron chi connectivity index (χ0n) is 27.5. The number of aliphatic hydroxyl groups excluding tert-OH is 1. The molecule has 7 heteroatoms. The van der Waals surface area contributed by atoms with Crippen molar-refractivity contribution >= 4 is 11.7 Å². The van der Waals surface area contributed by atoms with Crippen molar-refractivity contribution in [1.29, 1.82) is 0 Å². The Kier molecular flexibility index (Phi) is 21.3. The number of nitrogens with one attached hydrogen (secondary N) is 1. The van der Waals surface area contributed by atoms with Gasteiger partial charge in [-0.3, -0.25) is 9.59 Å². The van der Waals surface area contributed by atoms with Crippen LogP contribution in [0.25, 0.3) is 0 Å². The highest BCUT2D eigenvalue weighted by molar-refractivity contribution is 5.79. The summed E-state index contributed by atoms with van der Waals surface area (Å²) in [4.78, 5) is 24.8. The number of carbonyl (C=O) groups is 2. The molecule has 2 unspecified atom stereocenters. The number of ketones is 1. The van der Waals surface area contributed by atoms with Gasteiger partial charge in [0.05, 0.1) is 62.4 Å². The maximum Gasteiger partial charge on any atom is 0.222 e. The van der Waals surface area contributed by atoms with Gasteiger partial charge in [0.15, 0.2) is 11.9 Å². The molecule has 1 amide bonds. The molecule has 2 atom stereocenters. The van der Waals surface area contributed by atoms with Gasteiger partial charge in [0, 0.05) is 25.3 Å². The molecule has 0 aliphatic carbocycles. The summed E-state index contributed by atoms with van der Waals surface area (Å²) in [6.45, 7) is 13.0. The van der Waals surface area contributed by atoms with E-state index < -0.39 is 0 Å². The number of carbonyl (C=O) groups excluding carboxylic acids is 2. The summed E-state index contributed by atoms with van der Waals surface area (Å²) < 4.78 is 2.19. The summed E-state index contributed by atoms with van der Waals surface area (Å²) in [5, 5.41) is 13.4. The SMILES string of the molecule is CC(CC(C)(C)C)C(=O)NCCC[N+](C)(C)CC(=O)CCCC[N+](C)(C)CC(O)C[N+](C)(C)C.[CH3-].[CH3-].[CH3-]. The van der Waals surface area contributed by atoms with Crippen LogP contribution in [-0.4, -0.2) is 125 Å². The number of nitrogens with zero attached hydrogens (tertiary/aromatic N) is 3. The van der Waals surface area contributed by atoms with Crippen LogP contribution in [0.2, 0.25) is 0 Å². The lowest BCUT2D eigenvalue weighted by Gasteiger charge is -2.34. The first-order chi connectivity index (χ1) is 15.2. The van der Waals surface area contributed by atoms with Gasteiger partial charge in [-0.1, -0.05) is 27.7 Å². The monoisotopic (exact) mass is 533 g/mol. The van der Waals surface area contributed by atoms with E-state index >= 15 is 0 Å². The van der Waals surface area contributed by atoms with Crippen LogP contribution >= 0.6 is 0 Å². The molecule has 7 nitrogen and oxygen atoms in total. The van der Waals surface area contributed by atoms with Crippen molar-refractivity contribution in [2.75, 3.05) is 88.6 Å². The van der Waals surface area contributed by atoms with E-state index in [-0.39, 0.29) is 45.6 Å². The molecular weight excluding hydrogens is 464 g/mol. The normalized spacial score (nSPS) is 13.9. The number of unbranched alkanes of at least 4 members (excludes halogenated alkanes) is 1. The molecule has 0 aromatic carbocycles. The van der Waals surface area contributed by atoms with Crippen LogP contribution in [0.15, 0.2) is 0 Å². The summed E-state index contributed by atoms with van der Waals surface area (Å²) in [5.74, 6) is 0.458. The molecule has 0 radical (unpaired) electrons. The molecule has 0 spiro atoms. The molecule has 0 aliphatic rings. The molecule has 226 valence electrons. The minimum absolute atomic E-state index is 0. The Morgan fingerprint density at radius 2 is 1.32 bits per heavy atom. The average Bonchev–Trinajstić information content (AvgIpc) is 2.58. The highest BCUT2D eigenvalue weighted by atomic mass is 16.3. The summed E-state index contributed by atoms with van der Waals surface area (Å²) in [6.07, 6.45) is 3.93. The largest absolute Gasteiger partial charge is 0.382 e. The van der Waals surface area contributed by atoms with Gasteiger partial charge < -0.3 is 46.2 Å². The number of Topliss-reactive ketones (excluding diaryl/α,β-unsaturated/α-hetero) is 1. The highest BCUT2D eigenvalue weighted by Gasteiger charge is 2.25. The highest BCUT2D eigenvalue weighted by Crippen LogP contribution is 2.24. The third-order valence-electron chi connectivity index (χ3n) is 6.14. The van der Waals surface area contributed by atoms with Crippen molar-refractivity contribution in [3.8, 4) is 0 Å². The maximum atomic E-state index is 12.5. The van der Waals surface area contributed by atoms with Crippen molar-refractivity contribution in [3.05, 3.63) is 22.3 Å². The van der Waals surface area contributed by atoms with Crippen LogP contribution in [-0.2, 0) is 9.59 Å². The average molecular weight is 533 g/mol. The third-order valence-corrected chi connectivity index (χ3v) is 6.14.